The number of hydrogen-bond acceptors (Lipinski definition) is 3. The third-order valence-corrected chi connectivity index (χ3v) is 6.10. The molecule has 6 heteroatoms. The van der Waals surface area contributed by atoms with Crippen LogP contribution >= 0.6 is 0 Å². The molecule has 0 aromatic heterocycles. The second kappa shape index (κ2) is 9.03. The number of carbonyl (C=O) groups is 1. The van der Waals surface area contributed by atoms with E-state index in [-0.39, 0.29) is 10.9 Å². The van der Waals surface area contributed by atoms with Gasteiger partial charge in [0.05, 0.1) is 10.9 Å². The summed E-state index contributed by atoms with van der Waals surface area (Å²) < 4.78 is 28.4. The van der Waals surface area contributed by atoms with E-state index in [0.29, 0.717) is 5.56 Å². The number of carbonyl (C=O) groups excluding carboxylic acids is 1. The van der Waals surface area contributed by atoms with Gasteiger partial charge in [-0.05, 0) is 37.1 Å². The van der Waals surface area contributed by atoms with Gasteiger partial charge in [0, 0.05) is 0 Å². The van der Waals surface area contributed by atoms with Gasteiger partial charge in [-0.15, -0.1) is 0 Å². The van der Waals surface area contributed by atoms with Crippen LogP contribution in [0.4, 0.5) is 0 Å². The topological polar surface area (TPSA) is 75.3 Å². The Kier molecular flexibility index (Phi) is 6.46. The van der Waals surface area contributed by atoms with Crippen LogP contribution in [0.3, 0.4) is 0 Å². The summed E-state index contributed by atoms with van der Waals surface area (Å²) in [5.74, 6) is -0.414. The van der Waals surface area contributed by atoms with Crippen LogP contribution in [0.15, 0.2) is 89.8 Å². The molecule has 5 nitrogen and oxygen atoms in total. The van der Waals surface area contributed by atoms with Gasteiger partial charge >= 0.3 is 0 Å². The summed E-state index contributed by atoms with van der Waals surface area (Å²) in [4.78, 5) is 13.2. The highest BCUT2D eigenvalue weighted by atomic mass is 32.2. The fraction of sp³-hybridized carbons (Fsp3) is 0.174. The van der Waals surface area contributed by atoms with Crippen LogP contribution in [0.1, 0.15) is 35.7 Å². The van der Waals surface area contributed by atoms with E-state index in [1.54, 1.807) is 36.4 Å². The van der Waals surface area contributed by atoms with E-state index in [1.165, 1.54) is 12.1 Å². The molecule has 1 unspecified atom stereocenters. The molecule has 29 heavy (non-hydrogen) atoms. The largest absolute Gasteiger partial charge is 0.348 e. The molecule has 0 bridgehead atoms. The molecule has 2 atom stereocenters. The van der Waals surface area contributed by atoms with Crippen molar-refractivity contribution in [2.75, 3.05) is 0 Å². The van der Waals surface area contributed by atoms with Crippen molar-refractivity contribution < 1.29 is 13.2 Å². The zero-order chi connectivity index (χ0) is 20.9. The van der Waals surface area contributed by atoms with Crippen LogP contribution in [0.2, 0.25) is 0 Å². The monoisotopic (exact) mass is 408 g/mol. The maximum atomic E-state index is 13.1. The molecule has 0 saturated carbocycles. The molecule has 0 aliphatic rings. The lowest BCUT2D eigenvalue weighted by Gasteiger charge is -2.22. The Labute approximate surface area is 171 Å². The normalized spacial score (nSPS) is 13.4. The smallest absolute Gasteiger partial charge is 0.243 e. The number of sulfonamides is 1. The van der Waals surface area contributed by atoms with Crippen LogP contribution in [0.5, 0.6) is 0 Å². The van der Waals surface area contributed by atoms with Crippen LogP contribution in [-0.4, -0.2) is 14.3 Å². The molecule has 0 saturated heterocycles. The summed E-state index contributed by atoms with van der Waals surface area (Å²) in [5, 5.41) is 2.91. The van der Waals surface area contributed by atoms with Crippen molar-refractivity contribution in [2.24, 2.45) is 0 Å². The van der Waals surface area contributed by atoms with E-state index >= 15 is 0 Å². The SMILES string of the molecule is Cc1ccc(S(=O)(=O)N[C@H](C(=O)NC(C)c2ccccc2)c2ccccc2)cc1. The lowest BCUT2D eigenvalue weighted by atomic mass is 10.1. The van der Waals surface area contributed by atoms with E-state index < -0.39 is 22.0 Å². The predicted octanol–water partition coefficient (Wildman–Crippen LogP) is 3.89. The molecule has 3 aromatic rings. The fourth-order valence-electron chi connectivity index (χ4n) is 2.98. The third kappa shape index (κ3) is 5.31. The van der Waals surface area contributed by atoms with Gasteiger partial charge in [0.2, 0.25) is 15.9 Å². The summed E-state index contributed by atoms with van der Waals surface area (Å²) in [7, 11) is -3.88. The number of amides is 1. The Morgan fingerprint density at radius 3 is 1.86 bits per heavy atom. The van der Waals surface area contributed by atoms with E-state index in [0.717, 1.165) is 11.1 Å². The molecule has 0 spiro atoms. The van der Waals surface area contributed by atoms with E-state index in [2.05, 4.69) is 10.0 Å². The van der Waals surface area contributed by atoms with Crippen LogP contribution in [-0.2, 0) is 14.8 Å². The molecular formula is C23H24N2O3S. The summed E-state index contributed by atoms with van der Waals surface area (Å²) in [5.41, 5.74) is 2.47. The number of rotatable bonds is 7. The van der Waals surface area contributed by atoms with Crippen molar-refractivity contribution in [3.8, 4) is 0 Å². The van der Waals surface area contributed by atoms with Crippen LogP contribution < -0.4 is 10.0 Å². The maximum absolute atomic E-state index is 13.1. The average Bonchev–Trinajstić information content (AvgIpc) is 2.73. The molecule has 0 heterocycles. The Morgan fingerprint density at radius 2 is 1.31 bits per heavy atom. The molecule has 3 aromatic carbocycles. The van der Waals surface area contributed by atoms with Gasteiger partial charge < -0.3 is 5.32 Å². The minimum Gasteiger partial charge on any atom is -0.348 e. The predicted molar refractivity (Wildman–Crippen MR) is 114 cm³/mol. The average molecular weight is 409 g/mol. The number of benzene rings is 3. The molecular weight excluding hydrogens is 384 g/mol. The summed E-state index contributed by atoms with van der Waals surface area (Å²) in [6.45, 7) is 3.75. The number of aryl methyl sites for hydroxylation is 1. The Hall–Kier alpha value is -2.96. The van der Waals surface area contributed by atoms with E-state index in [1.807, 2.05) is 50.2 Å². The van der Waals surface area contributed by atoms with Gasteiger partial charge in [0.15, 0.2) is 0 Å². The third-order valence-electron chi connectivity index (χ3n) is 4.66. The zero-order valence-electron chi connectivity index (χ0n) is 16.4. The van der Waals surface area contributed by atoms with Crippen molar-refractivity contribution in [1.29, 1.82) is 0 Å². The molecule has 3 rings (SSSR count). The minimum absolute atomic E-state index is 0.118. The van der Waals surface area contributed by atoms with Crippen LogP contribution in [0, 0.1) is 6.92 Å². The second-order valence-electron chi connectivity index (χ2n) is 6.92. The van der Waals surface area contributed by atoms with Gasteiger partial charge in [-0.3, -0.25) is 4.79 Å². The van der Waals surface area contributed by atoms with Crippen molar-refractivity contribution in [1.82, 2.24) is 10.0 Å². The molecule has 0 radical (unpaired) electrons. The van der Waals surface area contributed by atoms with Gasteiger partial charge in [0.1, 0.15) is 6.04 Å². The quantitative estimate of drug-likeness (QED) is 0.623. The Morgan fingerprint density at radius 1 is 0.793 bits per heavy atom. The molecule has 150 valence electrons. The lowest BCUT2D eigenvalue weighted by molar-refractivity contribution is -0.123. The first kappa shape index (κ1) is 20.8. The number of hydrogen-bond donors (Lipinski definition) is 2. The van der Waals surface area contributed by atoms with Crippen molar-refractivity contribution in [2.45, 2.75) is 30.8 Å². The molecule has 0 aliphatic heterocycles. The summed E-state index contributed by atoms with van der Waals surface area (Å²) >= 11 is 0. The van der Waals surface area contributed by atoms with Gasteiger partial charge in [-0.25, -0.2) is 8.42 Å². The summed E-state index contributed by atoms with van der Waals surface area (Å²) in [6, 6.07) is 23.6. The Bertz CT molecular complexity index is 1050. The lowest BCUT2D eigenvalue weighted by Crippen LogP contribution is -2.41. The second-order valence-corrected chi connectivity index (χ2v) is 8.63. The molecule has 1 amide bonds. The van der Waals surface area contributed by atoms with Crippen molar-refractivity contribution >= 4 is 15.9 Å². The number of nitrogens with one attached hydrogen (secondary N) is 2. The van der Waals surface area contributed by atoms with E-state index in [4.69, 9.17) is 0 Å². The summed E-state index contributed by atoms with van der Waals surface area (Å²) in [6.07, 6.45) is 0. The first-order chi connectivity index (χ1) is 13.9. The highest BCUT2D eigenvalue weighted by Gasteiger charge is 2.28. The van der Waals surface area contributed by atoms with Crippen molar-refractivity contribution in [3.05, 3.63) is 102 Å². The minimum atomic E-state index is -3.88. The maximum Gasteiger partial charge on any atom is 0.243 e. The molecule has 2 N–H and O–H groups in total. The Balaban J connectivity index is 1.87. The zero-order valence-corrected chi connectivity index (χ0v) is 17.2. The highest BCUT2D eigenvalue weighted by molar-refractivity contribution is 7.89. The molecule has 0 aliphatic carbocycles. The van der Waals surface area contributed by atoms with Crippen molar-refractivity contribution in [3.63, 3.8) is 0 Å². The van der Waals surface area contributed by atoms with Gasteiger partial charge in [0.25, 0.3) is 0 Å². The standard InChI is InChI=1S/C23H24N2O3S/c1-17-13-15-21(16-14-17)29(27,28)25-22(20-11-7-4-8-12-20)23(26)24-18(2)19-9-5-3-6-10-19/h3-16,18,22,25H,1-2H3,(H,24,26)/t18?,22-/m0/s1. The highest BCUT2D eigenvalue weighted by Crippen LogP contribution is 2.20. The van der Waals surface area contributed by atoms with Gasteiger partial charge in [-0.1, -0.05) is 78.4 Å². The fourth-order valence-corrected chi connectivity index (χ4v) is 4.16. The van der Waals surface area contributed by atoms with Gasteiger partial charge in [-0.2, -0.15) is 4.72 Å². The first-order valence-corrected chi connectivity index (χ1v) is 10.8. The van der Waals surface area contributed by atoms with E-state index in [9.17, 15) is 13.2 Å². The van der Waals surface area contributed by atoms with Crippen LogP contribution in [0.25, 0.3) is 0 Å². The molecule has 0 fully saturated rings. The first-order valence-electron chi connectivity index (χ1n) is 9.36.